The van der Waals surface area contributed by atoms with Crippen molar-refractivity contribution >= 4 is 29.3 Å². The molecule has 0 fully saturated rings. The Morgan fingerprint density at radius 3 is 2.07 bits per heavy atom. The van der Waals surface area contributed by atoms with Crippen LogP contribution in [0.1, 0.15) is 31.7 Å². The normalized spacial score (nSPS) is 12.4. The third-order valence-corrected chi connectivity index (χ3v) is 4.01. The second-order valence-corrected chi connectivity index (χ2v) is 5.93. The van der Waals surface area contributed by atoms with Gasteiger partial charge in [0.15, 0.2) is 5.78 Å². The molecule has 27 heavy (non-hydrogen) atoms. The molecule has 142 valence electrons. The monoisotopic (exact) mass is 390 g/mol. The Bertz CT molecular complexity index is 750. The molecule has 0 bridgehead atoms. The molecule has 0 radical (unpaired) electrons. The van der Waals surface area contributed by atoms with Gasteiger partial charge in [-0.2, -0.15) is 10.5 Å². The highest BCUT2D eigenvalue weighted by Gasteiger charge is 2.42. The van der Waals surface area contributed by atoms with E-state index >= 15 is 0 Å². The van der Waals surface area contributed by atoms with Gasteiger partial charge in [0, 0.05) is 10.9 Å². The van der Waals surface area contributed by atoms with Crippen LogP contribution >= 0.6 is 11.6 Å². The third kappa shape index (κ3) is 6.09. The van der Waals surface area contributed by atoms with Gasteiger partial charge in [0.05, 0.1) is 25.4 Å². The predicted molar refractivity (Wildman–Crippen MR) is 95.3 cm³/mol. The smallest absolute Gasteiger partial charge is 0.317 e. The number of nitrogens with zero attached hydrogens (tertiary/aromatic N) is 2. The van der Waals surface area contributed by atoms with Gasteiger partial charge in [-0.3, -0.25) is 14.4 Å². The first-order chi connectivity index (χ1) is 12.9. The zero-order valence-corrected chi connectivity index (χ0v) is 15.7. The molecule has 1 aromatic rings. The molecule has 1 aromatic carbocycles. The van der Waals surface area contributed by atoms with Crippen LogP contribution in [0.25, 0.3) is 0 Å². The fraction of sp³-hybridized carbons (Fsp3) is 0.421. The van der Waals surface area contributed by atoms with Gasteiger partial charge in [-0.1, -0.05) is 23.7 Å². The van der Waals surface area contributed by atoms with Gasteiger partial charge in [-0.15, -0.1) is 0 Å². The minimum atomic E-state index is -1.50. The highest BCUT2D eigenvalue weighted by atomic mass is 35.5. The number of rotatable bonds is 9. The number of Topliss-reactive ketones (excluding diaryl/α,β-unsaturated/α-hetero) is 1. The number of benzene rings is 1. The van der Waals surface area contributed by atoms with Crippen molar-refractivity contribution in [1.29, 1.82) is 10.5 Å². The van der Waals surface area contributed by atoms with Crippen molar-refractivity contribution < 1.29 is 23.9 Å². The lowest BCUT2D eigenvalue weighted by molar-refractivity contribution is -0.154. The van der Waals surface area contributed by atoms with Crippen LogP contribution in [-0.2, 0) is 23.9 Å². The van der Waals surface area contributed by atoms with Gasteiger partial charge in [0.2, 0.25) is 0 Å². The topological polar surface area (TPSA) is 117 Å². The van der Waals surface area contributed by atoms with E-state index in [1.807, 2.05) is 0 Å². The van der Waals surface area contributed by atoms with Crippen molar-refractivity contribution in [2.45, 2.75) is 26.2 Å². The van der Waals surface area contributed by atoms with Crippen LogP contribution < -0.4 is 0 Å². The summed E-state index contributed by atoms with van der Waals surface area (Å²) in [5.74, 6) is -6.40. The highest BCUT2D eigenvalue weighted by Crippen LogP contribution is 2.35. The van der Waals surface area contributed by atoms with Gasteiger partial charge >= 0.3 is 11.9 Å². The fourth-order valence-corrected chi connectivity index (χ4v) is 2.75. The molecule has 0 heterocycles. The summed E-state index contributed by atoms with van der Waals surface area (Å²) in [5.41, 5.74) is 0.391. The first-order valence-electron chi connectivity index (χ1n) is 8.29. The van der Waals surface area contributed by atoms with E-state index in [4.69, 9.17) is 21.1 Å². The molecule has 8 heteroatoms. The zero-order chi connectivity index (χ0) is 20.4. The molecule has 0 spiro atoms. The lowest BCUT2D eigenvalue weighted by Gasteiger charge is -2.25. The summed E-state index contributed by atoms with van der Waals surface area (Å²) in [7, 11) is 0. The van der Waals surface area contributed by atoms with Crippen LogP contribution in [0.15, 0.2) is 24.3 Å². The van der Waals surface area contributed by atoms with Gasteiger partial charge in [0.1, 0.15) is 18.3 Å². The van der Waals surface area contributed by atoms with Crippen molar-refractivity contribution in [3.05, 3.63) is 34.9 Å². The van der Waals surface area contributed by atoms with E-state index in [1.165, 1.54) is 24.3 Å². The van der Waals surface area contributed by atoms with Crippen molar-refractivity contribution in [1.82, 2.24) is 0 Å². The van der Waals surface area contributed by atoms with Gasteiger partial charge in [0.25, 0.3) is 0 Å². The fourth-order valence-electron chi connectivity index (χ4n) is 2.63. The van der Waals surface area contributed by atoms with E-state index in [1.54, 1.807) is 26.0 Å². The number of carbonyl (C=O) groups excluding carboxylic acids is 3. The van der Waals surface area contributed by atoms with Crippen molar-refractivity contribution in [3.8, 4) is 12.1 Å². The molecule has 2 unspecified atom stereocenters. The molecule has 0 aliphatic carbocycles. The number of halogens is 1. The summed E-state index contributed by atoms with van der Waals surface area (Å²) < 4.78 is 9.73. The highest BCUT2D eigenvalue weighted by molar-refractivity contribution is 6.30. The Hall–Kier alpha value is -2.90. The lowest BCUT2D eigenvalue weighted by Crippen LogP contribution is -2.36. The number of ether oxygens (including phenoxy) is 2. The molecule has 7 nitrogen and oxygen atoms in total. The molecule has 0 N–H and O–H groups in total. The molecular formula is C19H19ClN2O5. The number of esters is 2. The van der Waals surface area contributed by atoms with Gasteiger partial charge < -0.3 is 9.47 Å². The van der Waals surface area contributed by atoms with E-state index in [0.717, 1.165) is 0 Å². The van der Waals surface area contributed by atoms with Gasteiger partial charge in [-0.05, 0) is 31.5 Å². The second-order valence-electron chi connectivity index (χ2n) is 5.49. The zero-order valence-electron chi connectivity index (χ0n) is 15.0. The average molecular weight is 391 g/mol. The summed E-state index contributed by atoms with van der Waals surface area (Å²) >= 11 is 5.87. The van der Waals surface area contributed by atoms with E-state index in [0.29, 0.717) is 10.6 Å². The summed E-state index contributed by atoms with van der Waals surface area (Å²) in [4.78, 5) is 36.9. The molecule has 0 aromatic heterocycles. The summed E-state index contributed by atoms with van der Waals surface area (Å²) in [6, 6.07) is 9.71. The largest absolute Gasteiger partial charge is 0.466 e. The van der Waals surface area contributed by atoms with Crippen molar-refractivity contribution in [2.75, 3.05) is 13.2 Å². The molecular weight excluding hydrogens is 372 g/mol. The maximum atomic E-state index is 12.7. The quantitative estimate of drug-likeness (QED) is 0.470. The van der Waals surface area contributed by atoms with Crippen LogP contribution in [-0.4, -0.2) is 30.9 Å². The SMILES string of the molecule is CCOC(=O)CC(=O)C(C(=O)OCC)C(c1ccc(Cl)cc1)C(C#N)C#N. The number of carbonyl (C=O) groups is 3. The van der Waals surface area contributed by atoms with Crippen molar-refractivity contribution in [3.63, 3.8) is 0 Å². The Morgan fingerprint density at radius 1 is 1.04 bits per heavy atom. The number of ketones is 1. The molecule has 1 rings (SSSR count). The molecule has 0 aliphatic heterocycles. The summed E-state index contributed by atoms with van der Waals surface area (Å²) in [6.45, 7) is 3.23. The first kappa shape index (κ1) is 22.1. The average Bonchev–Trinajstić information content (AvgIpc) is 2.63. The Morgan fingerprint density at radius 2 is 1.59 bits per heavy atom. The van der Waals surface area contributed by atoms with Crippen LogP contribution in [0, 0.1) is 34.5 Å². The van der Waals surface area contributed by atoms with Crippen LogP contribution in [0.2, 0.25) is 5.02 Å². The molecule has 0 saturated heterocycles. The first-order valence-corrected chi connectivity index (χ1v) is 8.66. The summed E-state index contributed by atoms with van der Waals surface area (Å²) in [5, 5.41) is 19.1. The Labute approximate surface area is 162 Å². The number of hydrogen-bond acceptors (Lipinski definition) is 7. The van der Waals surface area contributed by atoms with Crippen molar-refractivity contribution in [2.24, 2.45) is 11.8 Å². The minimum absolute atomic E-state index is 0.000862. The molecule has 2 atom stereocenters. The maximum Gasteiger partial charge on any atom is 0.317 e. The van der Waals surface area contributed by atoms with Gasteiger partial charge in [-0.25, -0.2) is 0 Å². The van der Waals surface area contributed by atoms with E-state index < -0.39 is 41.9 Å². The van der Waals surface area contributed by atoms with E-state index in [2.05, 4.69) is 0 Å². The second kappa shape index (κ2) is 10.9. The summed E-state index contributed by atoms with van der Waals surface area (Å²) in [6.07, 6.45) is -0.662. The predicted octanol–water partition coefficient (Wildman–Crippen LogP) is 2.79. The molecule has 0 aliphatic rings. The van der Waals surface area contributed by atoms with Crippen LogP contribution in [0.3, 0.4) is 0 Å². The Kier molecular flexibility index (Phi) is 8.98. The standard InChI is InChI=1S/C19H19ClN2O5/c1-3-26-16(24)9-15(23)18(19(25)27-4-2)17(13(10-21)11-22)12-5-7-14(20)8-6-12/h5-8,13,17-18H,3-4,9H2,1-2H3. The minimum Gasteiger partial charge on any atom is -0.466 e. The Balaban J connectivity index is 3.40. The van der Waals surface area contributed by atoms with Crippen LogP contribution in [0.5, 0.6) is 0 Å². The van der Waals surface area contributed by atoms with E-state index in [-0.39, 0.29) is 13.2 Å². The lowest BCUT2D eigenvalue weighted by atomic mass is 9.75. The van der Waals surface area contributed by atoms with Crippen LogP contribution in [0.4, 0.5) is 0 Å². The molecule has 0 amide bonds. The van der Waals surface area contributed by atoms with E-state index in [9.17, 15) is 24.9 Å². The third-order valence-electron chi connectivity index (χ3n) is 3.76. The number of nitriles is 2. The maximum absolute atomic E-state index is 12.7. The number of hydrogen-bond donors (Lipinski definition) is 0. The molecule has 0 saturated carbocycles.